The van der Waals surface area contributed by atoms with Crippen LogP contribution in [0, 0.1) is 0 Å². The lowest BCUT2D eigenvalue weighted by atomic mass is 10.2. The van der Waals surface area contributed by atoms with Crippen molar-refractivity contribution < 1.29 is 13.9 Å². The van der Waals surface area contributed by atoms with Gasteiger partial charge in [-0.05, 0) is 24.6 Å². The Morgan fingerprint density at radius 2 is 2.29 bits per heavy atom. The van der Waals surface area contributed by atoms with Crippen molar-refractivity contribution in [3.05, 3.63) is 29.7 Å². The van der Waals surface area contributed by atoms with Crippen molar-refractivity contribution in [2.45, 2.75) is 26.2 Å². The fraction of sp³-hybridized carbons (Fsp3) is 0.385. The van der Waals surface area contributed by atoms with E-state index in [9.17, 15) is 4.79 Å². The molecule has 0 aliphatic heterocycles. The molecule has 1 aromatic carbocycles. The van der Waals surface area contributed by atoms with Gasteiger partial charge in [-0.15, -0.1) is 0 Å². The number of hydrogen-bond acceptors (Lipinski definition) is 4. The molecular weight excluding hydrogens is 218 g/mol. The summed E-state index contributed by atoms with van der Waals surface area (Å²) < 4.78 is 10.2. The number of esters is 1. The lowest BCUT2D eigenvalue weighted by molar-refractivity contribution is 0.0601. The number of carbonyl (C=O) groups excluding carboxylic acids is 1. The van der Waals surface area contributed by atoms with Gasteiger partial charge in [0.15, 0.2) is 11.5 Å². The summed E-state index contributed by atoms with van der Waals surface area (Å²) >= 11 is 0. The number of rotatable bonds is 4. The van der Waals surface area contributed by atoms with Crippen LogP contribution in [0.5, 0.6) is 0 Å². The predicted octanol–water partition coefficient (Wildman–Crippen LogP) is 2.96. The highest BCUT2D eigenvalue weighted by atomic mass is 16.5. The average molecular weight is 233 g/mol. The van der Waals surface area contributed by atoms with Gasteiger partial charge in [0.05, 0.1) is 12.7 Å². The second-order valence-electron chi connectivity index (χ2n) is 3.89. The zero-order valence-corrected chi connectivity index (χ0v) is 10.0. The summed E-state index contributed by atoms with van der Waals surface area (Å²) in [5, 5.41) is 0. The number of fused-ring (bicyclic) bond motifs is 1. The third kappa shape index (κ3) is 2.46. The fourth-order valence-electron chi connectivity index (χ4n) is 1.65. The Bertz CT molecular complexity index is 530. The zero-order chi connectivity index (χ0) is 12.3. The number of oxazole rings is 1. The largest absolute Gasteiger partial charge is 0.465 e. The van der Waals surface area contributed by atoms with Crippen LogP contribution in [0.25, 0.3) is 11.1 Å². The molecule has 0 spiro atoms. The Hall–Kier alpha value is -1.84. The highest BCUT2D eigenvalue weighted by molar-refractivity contribution is 5.93. The summed E-state index contributed by atoms with van der Waals surface area (Å²) in [5.41, 5.74) is 1.91. The van der Waals surface area contributed by atoms with Crippen LogP contribution >= 0.6 is 0 Å². The van der Waals surface area contributed by atoms with E-state index in [0.29, 0.717) is 16.7 Å². The number of carbonyl (C=O) groups is 1. The average Bonchev–Trinajstić information content (AvgIpc) is 2.76. The second-order valence-corrected chi connectivity index (χ2v) is 3.89. The van der Waals surface area contributed by atoms with Crippen molar-refractivity contribution in [3.8, 4) is 0 Å². The quantitative estimate of drug-likeness (QED) is 0.762. The molecule has 0 unspecified atom stereocenters. The molecule has 90 valence electrons. The number of hydrogen-bond donors (Lipinski definition) is 0. The number of nitrogens with zero attached hydrogens (tertiary/aromatic N) is 1. The summed E-state index contributed by atoms with van der Waals surface area (Å²) in [6, 6.07) is 5.13. The molecule has 0 aliphatic carbocycles. The minimum Gasteiger partial charge on any atom is -0.465 e. The van der Waals surface area contributed by atoms with Crippen LogP contribution in [-0.2, 0) is 11.2 Å². The van der Waals surface area contributed by atoms with Gasteiger partial charge in [0.2, 0.25) is 0 Å². The molecule has 2 rings (SSSR count). The van der Waals surface area contributed by atoms with Gasteiger partial charge in [-0.25, -0.2) is 9.78 Å². The van der Waals surface area contributed by atoms with E-state index in [1.807, 2.05) is 0 Å². The Morgan fingerprint density at radius 1 is 1.47 bits per heavy atom. The SMILES string of the molecule is CCCCc1nc2cc(C(=O)OC)ccc2o1. The Balaban J connectivity index is 2.31. The number of methoxy groups -OCH3 is 1. The van der Waals surface area contributed by atoms with Crippen molar-refractivity contribution in [2.75, 3.05) is 7.11 Å². The van der Waals surface area contributed by atoms with Crippen LogP contribution in [0.1, 0.15) is 36.0 Å². The summed E-state index contributed by atoms with van der Waals surface area (Å²) in [5.74, 6) is 0.369. The van der Waals surface area contributed by atoms with Gasteiger partial charge < -0.3 is 9.15 Å². The maximum absolute atomic E-state index is 11.4. The first-order valence-corrected chi connectivity index (χ1v) is 5.72. The molecule has 0 fully saturated rings. The maximum Gasteiger partial charge on any atom is 0.337 e. The van der Waals surface area contributed by atoms with Gasteiger partial charge in [0, 0.05) is 6.42 Å². The van der Waals surface area contributed by atoms with E-state index in [0.717, 1.165) is 25.2 Å². The van der Waals surface area contributed by atoms with E-state index < -0.39 is 0 Å². The number of benzene rings is 1. The smallest absolute Gasteiger partial charge is 0.337 e. The van der Waals surface area contributed by atoms with Gasteiger partial charge in [0.1, 0.15) is 5.52 Å². The van der Waals surface area contributed by atoms with Crippen LogP contribution < -0.4 is 0 Å². The topological polar surface area (TPSA) is 52.3 Å². The highest BCUT2D eigenvalue weighted by Crippen LogP contribution is 2.18. The maximum atomic E-state index is 11.4. The number of unbranched alkanes of at least 4 members (excludes halogenated alkanes) is 1. The van der Waals surface area contributed by atoms with Crippen molar-refractivity contribution in [1.29, 1.82) is 0 Å². The first kappa shape index (κ1) is 11.6. The second kappa shape index (κ2) is 4.99. The molecule has 0 saturated heterocycles. The Labute approximate surface area is 99.6 Å². The standard InChI is InChI=1S/C13H15NO3/c1-3-4-5-12-14-10-8-9(13(15)16-2)6-7-11(10)17-12/h6-8H,3-5H2,1-2H3. The van der Waals surface area contributed by atoms with E-state index >= 15 is 0 Å². The van der Waals surface area contributed by atoms with Crippen molar-refractivity contribution in [2.24, 2.45) is 0 Å². The van der Waals surface area contributed by atoms with Crippen molar-refractivity contribution >= 4 is 17.1 Å². The Kier molecular flexibility index (Phi) is 3.42. The molecule has 0 amide bonds. The molecule has 0 saturated carbocycles. The minimum absolute atomic E-state index is 0.356. The van der Waals surface area contributed by atoms with E-state index in [1.165, 1.54) is 7.11 Å². The van der Waals surface area contributed by atoms with Crippen LogP contribution in [0.2, 0.25) is 0 Å². The first-order chi connectivity index (χ1) is 8.24. The lowest BCUT2D eigenvalue weighted by Crippen LogP contribution is -2.00. The van der Waals surface area contributed by atoms with Gasteiger partial charge in [-0.3, -0.25) is 0 Å². The summed E-state index contributed by atoms with van der Waals surface area (Å²) in [6.45, 7) is 2.12. The molecule has 0 radical (unpaired) electrons. The molecule has 1 heterocycles. The lowest BCUT2D eigenvalue weighted by Gasteiger charge is -1.96. The third-order valence-corrected chi connectivity index (χ3v) is 2.60. The van der Waals surface area contributed by atoms with Gasteiger partial charge >= 0.3 is 5.97 Å². The van der Waals surface area contributed by atoms with Gasteiger partial charge in [0.25, 0.3) is 0 Å². The van der Waals surface area contributed by atoms with Crippen LogP contribution in [-0.4, -0.2) is 18.1 Å². The molecule has 17 heavy (non-hydrogen) atoms. The number of aryl methyl sites for hydroxylation is 1. The normalized spacial score (nSPS) is 10.7. The van der Waals surface area contributed by atoms with Crippen LogP contribution in [0.15, 0.2) is 22.6 Å². The zero-order valence-electron chi connectivity index (χ0n) is 10.0. The molecule has 1 aromatic heterocycles. The van der Waals surface area contributed by atoms with Gasteiger partial charge in [-0.1, -0.05) is 13.3 Å². The highest BCUT2D eigenvalue weighted by Gasteiger charge is 2.10. The summed E-state index contributed by atoms with van der Waals surface area (Å²) in [7, 11) is 1.36. The van der Waals surface area contributed by atoms with E-state index in [4.69, 9.17) is 4.42 Å². The summed E-state index contributed by atoms with van der Waals surface area (Å²) in [6.07, 6.45) is 2.99. The molecule has 0 aliphatic rings. The van der Waals surface area contributed by atoms with E-state index in [1.54, 1.807) is 18.2 Å². The van der Waals surface area contributed by atoms with Crippen molar-refractivity contribution in [3.63, 3.8) is 0 Å². The summed E-state index contributed by atoms with van der Waals surface area (Å²) in [4.78, 5) is 15.7. The van der Waals surface area contributed by atoms with Crippen LogP contribution in [0.3, 0.4) is 0 Å². The molecule has 0 N–H and O–H groups in total. The Morgan fingerprint density at radius 3 is 3.00 bits per heavy atom. The predicted molar refractivity (Wildman–Crippen MR) is 64.0 cm³/mol. The third-order valence-electron chi connectivity index (χ3n) is 2.60. The molecular formula is C13H15NO3. The van der Waals surface area contributed by atoms with Crippen molar-refractivity contribution in [1.82, 2.24) is 4.98 Å². The first-order valence-electron chi connectivity index (χ1n) is 5.72. The monoisotopic (exact) mass is 233 g/mol. The molecule has 0 atom stereocenters. The van der Waals surface area contributed by atoms with Gasteiger partial charge in [-0.2, -0.15) is 0 Å². The number of aromatic nitrogens is 1. The molecule has 4 nitrogen and oxygen atoms in total. The van der Waals surface area contributed by atoms with Crippen LogP contribution in [0.4, 0.5) is 0 Å². The van der Waals surface area contributed by atoms with E-state index in [2.05, 4.69) is 16.6 Å². The van der Waals surface area contributed by atoms with E-state index in [-0.39, 0.29) is 5.97 Å². The molecule has 2 aromatic rings. The minimum atomic E-state index is -0.356. The number of ether oxygens (including phenoxy) is 1. The molecule has 0 bridgehead atoms. The fourth-order valence-corrected chi connectivity index (χ4v) is 1.65. The molecule has 4 heteroatoms.